The van der Waals surface area contributed by atoms with Crippen molar-refractivity contribution in [3.05, 3.63) is 66.7 Å². The zero-order valence-electron chi connectivity index (χ0n) is 10.4. The van der Waals surface area contributed by atoms with Gasteiger partial charge in [0.25, 0.3) is 0 Å². The molecule has 0 radical (unpaired) electrons. The third-order valence-electron chi connectivity index (χ3n) is 2.99. The fourth-order valence-electron chi connectivity index (χ4n) is 2.02. The van der Waals surface area contributed by atoms with E-state index >= 15 is 0 Å². The number of aromatic nitrogens is 3. The molecule has 0 atom stereocenters. The topological polar surface area (TPSA) is 56.7 Å². The minimum atomic E-state index is 0.776. The summed E-state index contributed by atoms with van der Waals surface area (Å²) in [4.78, 5) is 8.44. The molecule has 2 N–H and O–H groups in total. The summed E-state index contributed by atoms with van der Waals surface area (Å²) >= 11 is 0. The van der Waals surface area contributed by atoms with Gasteiger partial charge in [-0.1, -0.05) is 12.1 Å². The van der Waals surface area contributed by atoms with Crippen LogP contribution in [0.3, 0.4) is 0 Å². The smallest absolute Gasteiger partial charge is 0.140 e. The molecular formula is C15H14N4. The third kappa shape index (κ3) is 2.47. The Morgan fingerprint density at radius 3 is 2.42 bits per heavy atom. The van der Waals surface area contributed by atoms with E-state index in [0.29, 0.717) is 0 Å². The Balaban J connectivity index is 1.91. The summed E-state index contributed by atoms with van der Waals surface area (Å²) in [6.45, 7) is 0.776. The van der Waals surface area contributed by atoms with Crippen molar-refractivity contribution in [3.8, 4) is 11.4 Å². The average Bonchev–Trinajstić information content (AvgIpc) is 2.90. The predicted molar refractivity (Wildman–Crippen MR) is 75.4 cm³/mol. The number of nitrogens with zero attached hydrogens (tertiary/aromatic N) is 3. The molecule has 94 valence electrons. The Bertz CT molecular complexity index is 656. The van der Waals surface area contributed by atoms with Crippen molar-refractivity contribution in [2.24, 2.45) is 0 Å². The van der Waals surface area contributed by atoms with E-state index in [1.165, 1.54) is 5.56 Å². The Kier molecular flexibility index (Phi) is 2.98. The van der Waals surface area contributed by atoms with Crippen molar-refractivity contribution < 1.29 is 0 Å². The van der Waals surface area contributed by atoms with Crippen molar-refractivity contribution in [3.63, 3.8) is 0 Å². The van der Waals surface area contributed by atoms with Crippen molar-refractivity contribution in [2.75, 3.05) is 5.73 Å². The van der Waals surface area contributed by atoms with E-state index in [1.807, 2.05) is 48.8 Å². The number of pyridine rings is 1. The van der Waals surface area contributed by atoms with Gasteiger partial charge >= 0.3 is 0 Å². The highest BCUT2D eigenvalue weighted by molar-refractivity contribution is 5.54. The maximum Gasteiger partial charge on any atom is 0.140 e. The summed E-state index contributed by atoms with van der Waals surface area (Å²) < 4.78 is 2.11. The van der Waals surface area contributed by atoms with Gasteiger partial charge in [-0.3, -0.25) is 4.98 Å². The maximum absolute atomic E-state index is 5.69. The van der Waals surface area contributed by atoms with Crippen molar-refractivity contribution in [1.82, 2.24) is 14.5 Å². The summed E-state index contributed by atoms with van der Waals surface area (Å²) in [5, 5.41) is 0. The van der Waals surface area contributed by atoms with E-state index in [0.717, 1.165) is 23.6 Å². The minimum Gasteiger partial charge on any atom is -0.399 e. The van der Waals surface area contributed by atoms with Gasteiger partial charge in [0.2, 0.25) is 0 Å². The molecule has 3 rings (SSSR count). The lowest BCUT2D eigenvalue weighted by Gasteiger charge is -2.08. The minimum absolute atomic E-state index is 0.776. The fourth-order valence-corrected chi connectivity index (χ4v) is 2.02. The zero-order valence-corrected chi connectivity index (χ0v) is 10.4. The first-order valence-electron chi connectivity index (χ1n) is 6.09. The quantitative estimate of drug-likeness (QED) is 0.727. The van der Waals surface area contributed by atoms with Crippen LogP contribution in [0.2, 0.25) is 0 Å². The van der Waals surface area contributed by atoms with Gasteiger partial charge in [-0.05, 0) is 29.8 Å². The highest BCUT2D eigenvalue weighted by Gasteiger charge is 2.05. The molecule has 19 heavy (non-hydrogen) atoms. The molecule has 0 saturated heterocycles. The van der Waals surface area contributed by atoms with Crippen LogP contribution in [-0.4, -0.2) is 14.5 Å². The molecule has 2 heterocycles. The Labute approximate surface area is 111 Å². The maximum atomic E-state index is 5.69. The van der Waals surface area contributed by atoms with Gasteiger partial charge in [0.15, 0.2) is 0 Å². The Morgan fingerprint density at radius 1 is 0.947 bits per heavy atom. The average molecular weight is 250 g/mol. The van der Waals surface area contributed by atoms with Gasteiger partial charge in [-0.15, -0.1) is 0 Å². The van der Waals surface area contributed by atoms with Gasteiger partial charge in [-0.25, -0.2) is 4.98 Å². The largest absolute Gasteiger partial charge is 0.399 e. The SMILES string of the molecule is Nc1ccc(Cn2ccnc2-c2ccncc2)cc1. The predicted octanol–water partition coefficient (Wildman–Crippen LogP) is 2.58. The molecule has 2 aromatic heterocycles. The number of hydrogen-bond donors (Lipinski definition) is 1. The second-order valence-corrected chi connectivity index (χ2v) is 4.36. The lowest BCUT2D eigenvalue weighted by atomic mass is 10.2. The number of imidazole rings is 1. The van der Waals surface area contributed by atoms with Crippen LogP contribution in [0.1, 0.15) is 5.56 Å². The van der Waals surface area contributed by atoms with E-state index in [4.69, 9.17) is 5.73 Å². The number of nitrogen functional groups attached to an aromatic ring is 1. The number of hydrogen-bond acceptors (Lipinski definition) is 3. The van der Waals surface area contributed by atoms with Crippen LogP contribution in [-0.2, 0) is 6.54 Å². The summed E-state index contributed by atoms with van der Waals surface area (Å²) in [5.41, 5.74) is 8.74. The lowest BCUT2D eigenvalue weighted by Crippen LogP contribution is -2.01. The van der Waals surface area contributed by atoms with Crippen molar-refractivity contribution in [2.45, 2.75) is 6.54 Å². The first-order valence-corrected chi connectivity index (χ1v) is 6.09. The number of anilines is 1. The molecule has 0 bridgehead atoms. The lowest BCUT2D eigenvalue weighted by molar-refractivity contribution is 0.807. The van der Waals surface area contributed by atoms with E-state index < -0.39 is 0 Å². The molecule has 0 amide bonds. The van der Waals surface area contributed by atoms with Crippen LogP contribution in [0.25, 0.3) is 11.4 Å². The molecule has 0 unspecified atom stereocenters. The highest BCUT2D eigenvalue weighted by atomic mass is 15.1. The standard InChI is InChI=1S/C15H14N4/c16-14-3-1-12(2-4-14)11-19-10-9-18-15(19)13-5-7-17-8-6-13/h1-10H,11,16H2. The number of nitrogens with two attached hydrogens (primary N) is 1. The molecule has 0 aliphatic carbocycles. The number of benzene rings is 1. The van der Waals surface area contributed by atoms with E-state index in [2.05, 4.69) is 14.5 Å². The zero-order chi connectivity index (χ0) is 13.1. The molecule has 0 saturated carbocycles. The molecular weight excluding hydrogens is 236 g/mol. The van der Waals surface area contributed by atoms with Crippen LogP contribution < -0.4 is 5.73 Å². The fraction of sp³-hybridized carbons (Fsp3) is 0.0667. The molecule has 0 fully saturated rings. The summed E-state index contributed by atoms with van der Waals surface area (Å²) in [7, 11) is 0. The van der Waals surface area contributed by atoms with Crippen molar-refractivity contribution >= 4 is 5.69 Å². The Morgan fingerprint density at radius 2 is 1.68 bits per heavy atom. The van der Waals surface area contributed by atoms with E-state index in [1.54, 1.807) is 12.4 Å². The van der Waals surface area contributed by atoms with Crippen LogP contribution in [0, 0.1) is 0 Å². The monoisotopic (exact) mass is 250 g/mol. The van der Waals surface area contributed by atoms with Gasteiger partial charge in [0, 0.05) is 42.6 Å². The molecule has 0 aliphatic heterocycles. The second-order valence-electron chi connectivity index (χ2n) is 4.36. The van der Waals surface area contributed by atoms with Crippen molar-refractivity contribution in [1.29, 1.82) is 0 Å². The second kappa shape index (κ2) is 4.94. The third-order valence-corrected chi connectivity index (χ3v) is 2.99. The highest BCUT2D eigenvalue weighted by Crippen LogP contribution is 2.17. The summed E-state index contributed by atoms with van der Waals surface area (Å²) in [5.74, 6) is 0.944. The van der Waals surface area contributed by atoms with Gasteiger partial charge in [0.05, 0.1) is 0 Å². The van der Waals surface area contributed by atoms with Gasteiger partial charge < -0.3 is 10.3 Å². The molecule has 0 spiro atoms. The Hall–Kier alpha value is -2.62. The molecule has 0 aliphatic rings. The molecule has 4 nitrogen and oxygen atoms in total. The van der Waals surface area contributed by atoms with Crippen LogP contribution in [0.4, 0.5) is 5.69 Å². The number of rotatable bonds is 3. The molecule has 3 aromatic rings. The van der Waals surface area contributed by atoms with E-state index in [9.17, 15) is 0 Å². The van der Waals surface area contributed by atoms with E-state index in [-0.39, 0.29) is 0 Å². The van der Waals surface area contributed by atoms with Crippen LogP contribution in [0.15, 0.2) is 61.2 Å². The first kappa shape index (κ1) is 11.5. The summed E-state index contributed by atoms with van der Waals surface area (Å²) in [6, 6.07) is 11.8. The molecule has 1 aromatic carbocycles. The van der Waals surface area contributed by atoms with Crippen LogP contribution in [0.5, 0.6) is 0 Å². The van der Waals surface area contributed by atoms with Gasteiger partial charge in [0.1, 0.15) is 5.82 Å². The molecule has 4 heteroatoms. The van der Waals surface area contributed by atoms with Crippen LogP contribution >= 0.6 is 0 Å². The first-order chi connectivity index (χ1) is 9.33. The normalized spacial score (nSPS) is 10.5. The van der Waals surface area contributed by atoms with Gasteiger partial charge in [-0.2, -0.15) is 0 Å². The summed E-state index contributed by atoms with van der Waals surface area (Å²) in [6.07, 6.45) is 7.34.